The second-order valence-electron chi connectivity index (χ2n) is 8.12. The van der Waals surface area contributed by atoms with Crippen molar-refractivity contribution in [3.05, 3.63) is 108 Å². The molecule has 6 nitrogen and oxygen atoms in total. The van der Waals surface area contributed by atoms with Crippen molar-refractivity contribution in [1.29, 1.82) is 0 Å². The molecule has 0 bridgehead atoms. The third-order valence-electron chi connectivity index (χ3n) is 6.07. The Morgan fingerprint density at radius 1 is 0.941 bits per heavy atom. The monoisotopic (exact) mass is 453 g/mol. The van der Waals surface area contributed by atoms with Gasteiger partial charge in [0.05, 0.1) is 32.0 Å². The molecule has 1 aliphatic rings. The molecule has 2 amide bonds. The van der Waals surface area contributed by atoms with Gasteiger partial charge in [0, 0.05) is 17.6 Å². The van der Waals surface area contributed by atoms with Crippen molar-refractivity contribution in [3.8, 4) is 17.2 Å². The molecule has 1 atom stereocenters. The highest BCUT2D eigenvalue weighted by atomic mass is 16.5. The van der Waals surface area contributed by atoms with Gasteiger partial charge in [-0.05, 0) is 72.6 Å². The number of amides is 2. The fraction of sp³-hybridized carbons (Fsp3) is 0.179. The summed E-state index contributed by atoms with van der Waals surface area (Å²) in [5.74, 6) is 1.56. The standard InChI is InChI=1S/C28H27N3O3/c1-3-34-24-16-12-22(13-17-24)29-28(32)31-19-21-7-4-5-8-25(21)30-18-6-9-26(30)27(31)20-10-14-23(33-2)15-11-20/h4-18,27H,3,19H2,1-2H3,(H,29,32). The number of hydrogen-bond acceptors (Lipinski definition) is 3. The van der Waals surface area contributed by atoms with Crippen molar-refractivity contribution in [2.75, 3.05) is 19.0 Å². The molecule has 0 saturated carbocycles. The molecular weight excluding hydrogens is 426 g/mol. The molecule has 0 saturated heterocycles. The maximum atomic E-state index is 13.7. The predicted octanol–water partition coefficient (Wildman–Crippen LogP) is 6.02. The van der Waals surface area contributed by atoms with E-state index in [0.717, 1.165) is 39.7 Å². The summed E-state index contributed by atoms with van der Waals surface area (Å²) in [6.45, 7) is 3.02. The van der Waals surface area contributed by atoms with Gasteiger partial charge < -0.3 is 24.3 Å². The number of methoxy groups -OCH3 is 1. The number of aromatic nitrogens is 1. The minimum absolute atomic E-state index is 0.172. The van der Waals surface area contributed by atoms with E-state index in [1.807, 2.05) is 78.6 Å². The van der Waals surface area contributed by atoms with Crippen LogP contribution in [0.1, 0.15) is 29.8 Å². The summed E-state index contributed by atoms with van der Waals surface area (Å²) in [5, 5.41) is 3.08. The van der Waals surface area contributed by atoms with Crippen molar-refractivity contribution in [3.63, 3.8) is 0 Å². The van der Waals surface area contributed by atoms with Gasteiger partial charge >= 0.3 is 6.03 Å². The highest BCUT2D eigenvalue weighted by Gasteiger charge is 2.33. The highest BCUT2D eigenvalue weighted by Crippen LogP contribution is 2.37. The summed E-state index contributed by atoms with van der Waals surface area (Å²) < 4.78 is 13.1. The smallest absolute Gasteiger partial charge is 0.322 e. The van der Waals surface area contributed by atoms with E-state index in [2.05, 4.69) is 34.3 Å². The van der Waals surface area contributed by atoms with Gasteiger partial charge in [-0.2, -0.15) is 0 Å². The van der Waals surface area contributed by atoms with Crippen molar-refractivity contribution in [1.82, 2.24) is 9.47 Å². The number of benzene rings is 3. The number of anilines is 1. The van der Waals surface area contributed by atoms with Gasteiger partial charge in [0.2, 0.25) is 0 Å². The fourth-order valence-corrected chi connectivity index (χ4v) is 4.47. The number of carbonyl (C=O) groups is 1. The molecular formula is C28H27N3O3. The van der Waals surface area contributed by atoms with Crippen LogP contribution in [0.15, 0.2) is 91.1 Å². The molecule has 0 spiro atoms. The number of ether oxygens (including phenoxy) is 2. The third-order valence-corrected chi connectivity index (χ3v) is 6.07. The highest BCUT2D eigenvalue weighted by molar-refractivity contribution is 5.90. The Kier molecular flexibility index (Phi) is 5.95. The topological polar surface area (TPSA) is 55.7 Å². The largest absolute Gasteiger partial charge is 0.497 e. The van der Waals surface area contributed by atoms with Crippen LogP contribution in [0.4, 0.5) is 10.5 Å². The van der Waals surface area contributed by atoms with Gasteiger partial charge in [0.1, 0.15) is 11.5 Å². The second kappa shape index (κ2) is 9.35. The van der Waals surface area contributed by atoms with Crippen LogP contribution >= 0.6 is 0 Å². The lowest BCUT2D eigenvalue weighted by Gasteiger charge is -2.31. The summed E-state index contributed by atoms with van der Waals surface area (Å²) in [7, 11) is 1.65. The van der Waals surface area contributed by atoms with Gasteiger partial charge in [0.25, 0.3) is 0 Å². The van der Waals surface area contributed by atoms with Crippen molar-refractivity contribution >= 4 is 11.7 Å². The van der Waals surface area contributed by atoms with Crippen LogP contribution in [-0.2, 0) is 6.54 Å². The summed E-state index contributed by atoms with van der Waals surface area (Å²) in [6.07, 6.45) is 2.05. The number of urea groups is 1. The van der Waals surface area contributed by atoms with E-state index in [1.54, 1.807) is 7.11 Å². The van der Waals surface area contributed by atoms with Gasteiger partial charge in [0.15, 0.2) is 0 Å². The Hall–Kier alpha value is -4.19. The van der Waals surface area contributed by atoms with Crippen LogP contribution in [0, 0.1) is 0 Å². The SMILES string of the molecule is CCOc1ccc(NC(=O)N2Cc3ccccc3-n3cccc3C2c2ccc(OC)cc2)cc1. The van der Waals surface area contributed by atoms with Gasteiger partial charge in [-0.1, -0.05) is 30.3 Å². The average molecular weight is 454 g/mol. The van der Waals surface area contributed by atoms with Crippen LogP contribution in [-0.4, -0.2) is 29.2 Å². The van der Waals surface area contributed by atoms with Gasteiger partial charge in [-0.15, -0.1) is 0 Å². The van der Waals surface area contributed by atoms with Gasteiger partial charge in [-0.3, -0.25) is 0 Å². The Labute approximate surface area is 199 Å². The molecule has 1 unspecified atom stereocenters. The number of nitrogens with one attached hydrogen (secondary N) is 1. The number of carbonyl (C=O) groups excluding carboxylic acids is 1. The molecule has 2 heterocycles. The Bertz CT molecular complexity index is 1280. The Morgan fingerprint density at radius 3 is 2.41 bits per heavy atom. The first-order valence-corrected chi connectivity index (χ1v) is 11.4. The summed E-state index contributed by atoms with van der Waals surface area (Å²) in [6, 6.07) is 27.2. The molecule has 34 heavy (non-hydrogen) atoms. The molecule has 0 fully saturated rings. The molecule has 0 radical (unpaired) electrons. The maximum Gasteiger partial charge on any atom is 0.322 e. The summed E-state index contributed by atoms with van der Waals surface area (Å²) >= 11 is 0. The minimum Gasteiger partial charge on any atom is -0.497 e. The predicted molar refractivity (Wildman–Crippen MR) is 133 cm³/mol. The van der Waals surface area contributed by atoms with Crippen molar-refractivity contribution in [2.45, 2.75) is 19.5 Å². The second-order valence-corrected chi connectivity index (χ2v) is 8.12. The van der Waals surface area contributed by atoms with Crippen LogP contribution in [0.2, 0.25) is 0 Å². The van der Waals surface area contributed by atoms with E-state index in [-0.39, 0.29) is 12.1 Å². The summed E-state index contributed by atoms with van der Waals surface area (Å²) in [4.78, 5) is 15.6. The number of para-hydroxylation sites is 1. The van der Waals surface area contributed by atoms with E-state index in [1.165, 1.54) is 0 Å². The van der Waals surface area contributed by atoms with E-state index in [9.17, 15) is 4.79 Å². The van der Waals surface area contributed by atoms with Crippen molar-refractivity contribution in [2.24, 2.45) is 0 Å². The van der Waals surface area contributed by atoms with Crippen LogP contribution < -0.4 is 14.8 Å². The minimum atomic E-state index is -0.281. The lowest BCUT2D eigenvalue weighted by atomic mass is 10.0. The lowest BCUT2D eigenvalue weighted by molar-refractivity contribution is 0.194. The van der Waals surface area contributed by atoms with Gasteiger partial charge in [-0.25, -0.2) is 4.79 Å². The van der Waals surface area contributed by atoms with E-state index >= 15 is 0 Å². The number of fused-ring (bicyclic) bond motifs is 3. The first-order chi connectivity index (χ1) is 16.7. The molecule has 5 rings (SSSR count). The molecule has 172 valence electrons. The zero-order valence-corrected chi connectivity index (χ0v) is 19.3. The van der Waals surface area contributed by atoms with E-state index in [0.29, 0.717) is 13.2 Å². The average Bonchev–Trinajstić information content (AvgIpc) is 3.30. The fourth-order valence-electron chi connectivity index (χ4n) is 4.47. The zero-order chi connectivity index (χ0) is 23.5. The molecule has 3 aromatic carbocycles. The number of hydrogen-bond donors (Lipinski definition) is 1. The van der Waals surface area contributed by atoms with Crippen molar-refractivity contribution < 1.29 is 14.3 Å². The molecule has 1 N–H and O–H groups in total. The van der Waals surface area contributed by atoms with E-state index < -0.39 is 0 Å². The Morgan fingerprint density at radius 2 is 1.68 bits per heavy atom. The van der Waals surface area contributed by atoms with E-state index in [4.69, 9.17) is 9.47 Å². The first-order valence-electron chi connectivity index (χ1n) is 11.4. The van der Waals surface area contributed by atoms with Crippen LogP contribution in [0.25, 0.3) is 5.69 Å². The first kappa shape index (κ1) is 21.6. The third kappa shape index (κ3) is 4.10. The molecule has 0 aliphatic carbocycles. The molecule has 1 aliphatic heterocycles. The van der Waals surface area contributed by atoms with Crippen LogP contribution in [0.5, 0.6) is 11.5 Å². The molecule has 4 aromatic rings. The maximum absolute atomic E-state index is 13.7. The normalized spacial score (nSPS) is 14.5. The Balaban J connectivity index is 1.55. The molecule has 1 aromatic heterocycles. The number of rotatable bonds is 5. The quantitative estimate of drug-likeness (QED) is 0.402. The lowest BCUT2D eigenvalue weighted by Crippen LogP contribution is -2.37. The molecule has 6 heteroatoms. The van der Waals surface area contributed by atoms with Crippen LogP contribution in [0.3, 0.4) is 0 Å². The zero-order valence-electron chi connectivity index (χ0n) is 19.3. The summed E-state index contributed by atoms with van der Waals surface area (Å²) in [5.41, 5.74) is 4.91. The number of nitrogens with zero attached hydrogens (tertiary/aromatic N) is 2.